The highest BCUT2D eigenvalue weighted by atomic mass is 79.9. The number of amides is 1. The minimum atomic E-state index is -0.396. The van der Waals surface area contributed by atoms with Crippen LogP contribution in [0.3, 0.4) is 0 Å². The van der Waals surface area contributed by atoms with Gasteiger partial charge in [0.15, 0.2) is 0 Å². The summed E-state index contributed by atoms with van der Waals surface area (Å²) in [5, 5.41) is 2.73. The van der Waals surface area contributed by atoms with Crippen LogP contribution in [-0.4, -0.2) is 12.5 Å². The van der Waals surface area contributed by atoms with E-state index in [1.165, 1.54) is 18.2 Å². The molecule has 2 rings (SSSR count). The van der Waals surface area contributed by atoms with Gasteiger partial charge < -0.3 is 5.32 Å². The van der Waals surface area contributed by atoms with E-state index in [1.54, 1.807) is 24.3 Å². The predicted molar refractivity (Wildman–Crippen MR) is 80.9 cm³/mol. The molecular weight excluding hydrogens is 340 g/mol. The number of carbonyl (C=O) groups is 1. The fraction of sp³-hybridized carbons (Fsp3) is 0.188. The van der Waals surface area contributed by atoms with Crippen molar-refractivity contribution in [3.8, 4) is 0 Å². The number of carbonyl (C=O) groups excluding carboxylic acids is 1. The Kier molecular flexibility index (Phi) is 5.44. The lowest BCUT2D eigenvalue weighted by Crippen LogP contribution is -2.27. The van der Waals surface area contributed by atoms with Crippen LogP contribution in [0.5, 0.6) is 0 Å². The molecule has 2 nitrogen and oxygen atoms in total. The highest BCUT2D eigenvalue weighted by Gasteiger charge is 2.08. The summed E-state index contributed by atoms with van der Waals surface area (Å²) in [6, 6.07) is 10.6. The van der Waals surface area contributed by atoms with Gasteiger partial charge in [0.2, 0.25) is 5.91 Å². The fourth-order valence-electron chi connectivity index (χ4n) is 1.91. The van der Waals surface area contributed by atoms with Crippen LogP contribution in [-0.2, 0) is 17.6 Å². The smallest absolute Gasteiger partial charge is 0.224 e. The van der Waals surface area contributed by atoms with Gasteiger partial charge in [-0.25, -0.2) is 8.78 Å². The first-order chi connectivity index (χ1) is 10.0. The molecule has 0 aliphatic heterocycles. The zero-order chi connectivity index (χ0) is 15.2. The molecule has 0 saturated carbocycles. The summed E-state index contributed by atoms with van der Waals surface area (Å²) in [5.74, 6) is -0.922. The minimum Gasteiger partial charge on any atom is -0.355 e. The Bertz CT molecular complexity index is 629. The molecule has 1 amide bonds. The highest BCUT2D eigenvalue weighted by Crippen LogP contribution is 2.15. The summed E-state index contributed by atoms with van der Waals surface area (Å²) in [4.78, 5) is 11.8. The Labute approximate surface area is 130 Å². The molecule has 5 heteroatoms. The van der Waals surface area contributed by atoms with E-state index in [0.29, 0.717) is 18.5 Å². The van der Waals surface area contributed by atoms with Gasteiger partial charge in [0.05, 0.1) is 6.42 Å². The van der Waals surface area contributed by atoms with E-state index < -0.39 is 5.82 Å². The normalized spacial score (nSPS) is 10.4. The second kappa shape index (κ2) is 7.31. The number of benzene rings is 2. The van der Waals surface area contributed by atoms with Gasteiger partial charge in [-0.2, -0.15) is 0 Å². The van der Waals surface area contributed by atoms with Crippen LogP contribution in [0.1, 0.15) is 11.1 Å². The lowest BCUT2D eigenvalue weighted by Gasteiger charge is -2.07. The quantitative estimate of drug-likeness (QED) is 0.873. The fourth-order valence-corrected chi connectivity index (χ4v) is 2.32. The van der Waals surface area contributed by atoms with Gasteiger partial charge in [-0.1, -0.05) is 28.1 Å². The Balaban J connectivity index is 1.82. The third kappa shape index (κ3) is 4.93. The minimum absolute atomic E-state index is 0.00527. The van der Waals surface area contributed by atoms with Gasteiger partial charge in [0.25, 0.3) is 0 Å². The predicted octanol–water partition coefficient (Wildman–Crippen LogP) is 3.63. The van der Waals surface area contributed by atoms with Crippen molar-refractivity contribution in [1.82, 2.24) is 5.32 Å². The van der Waals surface area contributed by atoms with Crippen molar-refractivity contribution >= 4 is 21.8 Å². The average molecular weight is 354 g/mol. The van der Waals surface area contributed by atoms with Crippen LogP contribution in [0.25, 0.3) is 0 Å². The van der Waals surface area contributed by atoms with Crippen molar-refractivity contribution in [2.75, 3.05) is 6.54 Å². The molecule has 2 aromatic rings. The summed E-state index contributed by atoms with van der Waals surface area (Å²) in [6.45, 7) is 0.431. The van der Waals surface area contributed by atoms with Crippen LogP contribution in [0.2, 0.25) is 0 Å². The third-order valence-corrected chi connectivity index (χ3v) is 3.50. The number of hydrogen-bond donors (Lipinski definition) is 1. The summed E-state index contributed by atoms with van der Waals surface area (Å²) < 4.78 is 27.0. The number of halogens is 3. The molecule has 0 unspecified atom stereocenters. The van der Waals surface area contributed by atoms with Crippen LogP contribution < -0.4 is 5.32 Å². The SMILES string of the molecule is O=C(Cc1cc(Br)ccc1F)NCCc1ccc(F)cc1. The summed E-state index contributed by atoms with van der Waals surface area (Å²) in [6.07, 6.45) is 0.599. The summed E-state index contributed by atoms with van der Waals surface area (Å²) in [5.41, 5.74) is 1.29. The van der Waals surface area contributed by atoms with E-state index in [4.69, 9.17) is 0 Å². The highest BCUT2D eigenvalue weighted by molar-refractivity contribution is 9.10. The zero-order valence-corrected chi connectivity index (χ0v) is 12.8. The molecule has 0 bridgehead atoms. The molecule has 110 valence electrons. The molecular formula is C16H14BrF2NO. The molecule has 0 saturated heterocycles. The zero-order valence-electron chi connectivity index (χ0n) is 11.2. The van der Waals surface area contributed by atoms with E-state index in [-0.39, 0.29) is 18.1 Å². The molecule has 0 aliphatic carbocycles. The summed E-state index contributed by atoms with van der Waals surface area (Å²) >= 11 is 3.25. The van der Waals surface area contributed by atoms with E-state index in [2.05, 4.69) is 21.2 Å². The topological polar surface area (TPSA) is 29.1 Å². The molecule has 0 radical (unpaired) electrons. The first kappa shape index (κ1) is 15.6. The Hall–Kier alpha value is -1.75. The maximum Gasteiger partial charge on any atom is 0.224 e. The molecule has 1 N–H and O–H groups in total. The van der Waals surface area contributed by atoms with Gasteiger partial charge in [-0.3, -0.25) is 4.79 Å². The van der Waals surface area contributed by atoms with Crippen molar-refractivity contribution in [2.24, 2.45) is 0 Å². The lowest BCUT2D eigenvalue weighted by molar-refractivity contribution is -0.120. The molecule has 21 heavy (non-hydrogen) atoms. The average Bonchev–Trinajstić information content (AvgIpc) is 2.45. The molecule has 0 heterocycles. The maximum absolute atomic E-state index is 13.5. The maximum atomic E-state index is 13.5. The van der Waals surface area contributed by atoms with Crippen LogP contribution >= 0.6 is 15.9 Å². The van der Waals surface area contributed by atoms with E-state index >= 15 is 0 Å². The number of rotatable bonds is 5. The first-order valence-electron chi connectivity index (χ1n) is 6.49. The standard InChI is InChI=1S/C16H14BrF2NO/c17-13-3-6-15(19)12(9-13)10-16(21)20-8-7-11-1-4-14(18)5-2-11/h1-6,9H,7-8,10H2,(H,20,21). The van der Waals surface area contributed by atoms with E-state index in [1.807, 2.05) is 0 Å². The van der Waals surface area contributed by atoms with Crippen molar-refractivity contribution in [1.29, 1.82) is 0 Å². The van der Waals surface area contributed by atoms with Gasteiger partial charge in [-0.15, -0.1) is 0 Å². The molecule has 2 aromatic carbocycles. The summed E-state index contributed by atoms with van der Waals surface area (Å²) in [7, 11) is 0. The van der Waals surface area contributed by atoms with Crippen LogP contribution in [0.15, 0.2) is 46.9 Å². The molecule has 0 fully saturated rings. The first-order valence-corrected chi connectivity index (χ1v) is 7.29. The van der Waals surface area contributed by atoms with Crippen molar-refractivity contribution in [3.05, 3.63) is 69.7 Å². The van der Waals surface area contributed by atoms with Gasteiger partial charge in [0.1, 0.15) is 11.6 Å². The van der Waals surface area contributed by atoms with E-state index in [0.717, 1.165) is 10.0 Å². The van der Waals surface area contributed by atoms with Gasteiger partial charge in [0, 0.05) is 11.0 Å². The van der Waals surface area contributed by atoms with Gasteiger partial charge in [-0.05, 0) is 47.9 Å². The van der Waals surface area contributed by atoms with Gasteiger partial charge >= 0.3 is 0 Å². The Morgan fingerprint density at radius 2 is 1.81 bits per heavy atom. The third-order valence-electron chi connectivity index (χ3n) is 3.01. The van der Waals surface area contributed by atoms with Crippen molar-refractivity contribution in [2.45, 2.75) is 12.8 Å². The second-order valence-corrected chi connectivity index (χ2v) is 5.55. The van der Waals surface area contributed by atoms with Crippen molar-refractivity contribution in [3.63, 3.8) is 0 Å². The molecule has 0 aliphatic rings. The second-order valence-electron chi connectivity index (χ2n) is 4.64. The lowest BCUT2D eigenvalue weighted by atomic mass is 10.1. The monoisotopic (exact) mass is 353 g/mol. The Morgan fingerprint density at radius 3 is 2.52 bits per heavy atom. The largest absolute Gasteiger partial charge is 0.355 e. The number of nitrogens with one attached hydrogen (secondary N) is 1. The van der Waals surface area contributed by atoms with E-state index in [9.17, 15) is 13.6 Å². The molecule has 0 aromatic heterocycles. The number of hydrogen-bond acceptors (Lipinski definition) is 1. The molecule has 0 spiro atoms. The van der Waals surface area contributed by atoms with Crippen LogP contribution in [0, 0.1) is 11.6 Å². The Morgan fingerprint density at radius 1 is 1.10 bits per heavy atom. The van der Waals surface area contributed by atoms with Crippen molar-refractivity contribution < 1.29 is 13.6 Å². The van der Waals surface area contributed by atoms with Crippen LogP contribution in [0.4, 0.5) is 8.78 Å². The molecule has 0 atom stereocenters.